The number of hydrogen-bond donors (Lipinski definition) is 1. The Labute approximate surface area is 161 Å². The number of pyridine rings is 1. The van der Waals surface area contributed by atoms with Crippen molar-refractivity contribution in [3.8, 4) is 0 Å². The first kappa shape index (κ1) is 18.2. The fraction of sp³-hybridized carbons (Fsp3) is 0.211. The molecule has 2 amide bonds. The molecule has 2 aromatic heterocycles. The second-order valence-corrected chi connectivity index (χ2v) is 8.39. The summed E-state index contributed by atoms with van der Waals surface area (Å²) in [7, 11) is -3.66. The van der Waals surface area contributed by atoms with Crippen LogP contribution in [0.2, 0.25) is 0 Å². The van der Waals surface area contributed by atoms with E-state index in [1.54, 1.807) is 18.3 Å². The van der Waals surface area contributed by atoms with Crippen molar-refractivity contribution in [1.82, 2.24) is 14.7 Å². The van der Waals surface area contributed by atoms with Crippen molar-refractivity contribution in [3.05, 3.63) is 66.2 Å². The quantitative estimate of drug-likeness (QED) is 0.700. The number of benzene rings is 1. The molecule has 0 atom stereocenters. The van der Waals surface area contributed by atoms with E-state index in [2.05, 4.69) is 10.3 Å². The molecule has 0 spiro atoms. The van der Waals surface area contributed by atoms with E-state index in [-0.39, 0.29) is 23.8 Å². The molecule has 0 radical (unpaired) electrons. The van der Waals surface area contributed by atoms with Gasteiger partial charge in [-0.2, -0.15) is 0 Å². The minimum absolute atomic E-state index is 0.0446. The Balaban J connectivity index is 1.45. The lowest BCUT2D eigenvalue weighted by molar-refractivity contribution is -0.116. The van der Waals surface area contributed by atoms with Crippen molar-refractivity contribution in [3.63, 3.8) is 0 Å². The van der Waals surface area contributed by atoms with Crippen LogP contribution in [0, 0.1) is 0 Å². The molecular formula is C19H18N4O4S. The molecule has 1 aliphatic rings. The number of amides is 2. The Kier molecular flexibility index (Phi) is 4.60. The van der Waals surface area contributed by atoms with E-state index in [0.717, 1.165) is 15.6 Å². The Bertz CT molecular complexity index is 1170. The average Bonchev–Trinajstić information content (AvgIpc) is 3.22. The van der Waals surface area contributed by atoms with Gasteiger partial charge in [0.25, 0.3) is 5.91 Å². The molecule has 3 aromatic rings. The van der Waals surface area contributed by atoms with Gasteiger partial charge in [-0.15, -0.1) is 0 Å². The number of nitrogens with one attached hydrogen (secondary N) is 1. The van der Waals surface area contributed by atoms with Crippen molar-refractivity contribution < 1.29 is 18.0 Å². The lowest BCUT2D eigenvalue weighted by Gasteiger charge is -2.15. The van der Waals surface area contributed by atoms with Gasteiger partial charge in [0.2, 0.25) is 15.9 Å². The summed E-state index contributed by atoms with van der Waals surface area (Å²) in [4.78, 5) is 28.7. The van der Waals surface area contributed by atoms with Crippen molar-refractivity contribution in [1.29, 1.82) is 0 Å². The van der Waals surface area contributed by atoms with Crippen LogP contribution < -0.4 is 9.62 Å². The molecule has 1 N–H and O–H groups in total. The van der Waals surface area contributed by atoms with Crippen LogP contribution in [0.5, 0.6) is 0 Å². The molecule has 144 valence electrons. The fourth-order valence-electron chi connectivity index (χ4n) is 3.22. The topological polar surface area (TPSA) is 101 Å². The average molecular weight is 398 g/mol. The van der Waals surface area contributed by atoms with Gasteiger partial charge in [-0.25, -0.2) is 17.7 Å². The van der Waals surface area contributed by atoms with E-state index in [1.165, 1.54) is 12.1 Å². The van der Waals surface area contributed by atoms with Crippen LogP contribution >= 0.6 is 0 Å². The zero-order valence-electron chi connectivity index (χ0n) is 14.9. The summed E-state index contributed by atoms with van der Waals surface area (Å²) >= 11 is 0. The van der Waals surface area contributed by atoms with Crippen molar-refractivity contribution >= 4 is 33.0 Å². The van der Waals surface area contributed by atoms with Crippen LogP contribution in [-0.4, -0.2) is 41.9 Å². The second-order valence-electron chi connectivity index (χ2n) is 6.45. The maximum Gasteiger partial charge on any atom is 0.251 e. The van der Waals surface area contributed by atoms with Crippen LogP contribution in [0.3, 0.4) is 0 Å². The van der Waals surface area contributed by atoms with Gasteiger partial charge < -0.3 is 9.72 Å². The molecule has 8 nitrogen and oxygen atoms in total. The van der Waals surface area contributed by atoms with Crippen LogP contribution in [0.1, 0.15) is 22.6 Å². The summed E-state index contributed by atoms with van der Waals surface area (Å²) in [6.07, 6.45) is 4.18. The van der Waals surface area contributed by atoms with Crippen LogP contribution in [0.25, 0.3) is 5.52 Å². The SMILES string of the molecule is O=C(NCCc1ncc2ccccn12)c1cccc(N2C(=O)CCS2(=O)=O)c1. The first-order chi connectivity index (χ1) is 13.5. The lowest BCUT2D eigenvalue weighted by Crippen LogP contribution is -2.30. The highest BCUT2D eigenvalue weighted by atomic mass is 32.2. The minimum atomic E-state index is -3.66. The second kappa shape index (κ2) is 7.08. The molecule has 1 aromatic carbocycles. The molecule has 3 heterocycles. The zero-order valence-corrected chi connectivity index (χ0v) is 15.7. The van der Waals surface area contributed by atoms with E-state index < -0.39 is 15.9 Å². The molecular weight excluding hydrogens is 380 g/mol. The van der Waals surface area contributed by atoms with Crippen LogP contribution in [-0.2, 0) is 21.2 Å². The van der Waals surface area contributed by atoms with Gasteiger partial charge >= 0.3 is 0 Å². The number of rotatable bonds is 5. The van der Waals surface area contributed by atoms with Gasteiger partial charge in [0.15, 0.2) is 0 Å². The number of imidazole rings is 1. The van der Waals surface area contributed by atoms with Gasteiger partial charge in [-0.1, -0.05) is 12.1 Å². The molecule has 0 saturated carbocycles. The molecule has 28 heavy (non-hydrogen) atoms. The largest absolute Gasteiger partial charge is 0.352 e. The Morgan fingerprint density at radius 1 is 1.18 bits per heavy atom. The van der Waals surface area contributed by atoms with Gasteiger partial charge in [0, 0.05) is 31.1 Å². The minimum Gasteiger partial charge on any atom is -0.352 e. The molecule has 1 aliphatic heterocycles. The molecule has 0 bridgehead atoms. The highest BCUT2D eigenvalue weighted by Crippen LogP contribution is 2.25. The number of hydrogen-bond acceptors (Lipinski definition) is 5. The van der Waals surface area contributed by atoms with Crippen LogP contribution in [0.15, 0.2) is 54.9 Å². The van der Waals surface area contributed by atoms with Crippen molar-refractivity contribution in [2.75, 3.05) is 16.6 Å². The number of anilines is 1. The fourth-order valence-corrected chi connectivity index (χ4v) is 4.67. The normalized spacial score (nSPS) is 15.9. The number of fused-ring (bicyclic) bond motifs is 1. The first-order valence-corrected chi connectivity index (χ1v) is 10.4. The summed E-state index contributed by atoms with van der Waals surface area (Å²) in [6.45, 7) is 0.373. The summed E-state index contributed by atoms with van der Waals surface area (Å²) < 4.78 is 26.9. The number of carbonyl (C=O) groups excluding carboxylic acids is 2. The molecule has 9 heteroatoms. The van der Waals surface area contributed by atoms with E-state index in [1.807, 2.05) is 28.8 Å². The Morgan fingerprint density at radius 2 is 2.04 bits per heavy atom. The van der Waals surface area contributed by atoms with Gasteiger partial charge in [0.1, 0.15) is 5.82 Å². The Hall–Kier alpha value is -3.20. The summed E-state index contributed by atoms with van der Waals surface area (Å²) in [5.41, 5.74) is 1.46. The third kappa shape index (κ3) is 3.36. The predicted molar refractivity (Wildman–Crippen MR) is 104 cm³/mol. The third-order valence-electron chi connectivity index (χ3n) is 4.57. The van der Waals surface area contributed by atoms with E-state index in [4.69, 9.17) is 0 Å². The number of sulfonamides is 1. The smallest absolute Gasteiger partial charge is 0.251 e. The third-order valence-corrected chi connectivity index (χ3v) is 6.26. The monoisotopic (exact) mass is 398 g/mol. The number of nitrogens with zero attached hydrogens (tertiary/aromatic N) is 3. The number of carbonyl (C=O) groups is 2. The van der Waals surface area contributed by atoms with E-state index in [0.29, 0.717) is 18.5 Å². The van der Waals surface area contributed by atoms with Crippen molar-refractivity contribution in [2.45, 2.75) is 12.8 Å². The highest BCUT2D eigenvalue weighted by molar-refractivity contribution is 7.94. The molecule has 1 saturated heterocycles. The number of aromatic nitrogens is 2. The molecule has 1 fully saturated rings. The van der Waals surface area contributed by atoms with Gasteiger partial charge in [0.05, 0.1) is 23.2 Å². The maximum atomic E-state index is 12.5. The summed E-state index contributed by atoms with van der Waals surface area (Å²) in [5, 5.41) is 2.81. The summed E-state index contributed by atoms with van der Waals surface area (Å²) in [5.74, 6) is -0.200. The van der Waals surface area contributed by atoms with E-state index >= 15 is 0 Å². The first-order valence-electron chi connectivity index (χ1n) is 8.81. The molecule has 4 rings (SSSR count). The van der Waals surface area contributed by atoms with Crippen molar-refractivity contribution in [2.24, 2.45) is 0 Å². The lowest BCUT2D eigenvalue weighted by atomic mass is 10.2. The highest BCUT2D eigenvalue weighted by Gasteiger charge is 2.36. The van der Waals surface area contributed by atoms with Gasteiger partial charge in [-0.05, 0) is 30.3 Å². The van der Waals surface area contributed by atoms with Crippen LogP contribution in [0.4, 0.5) is 5.69 Å². The van der Waals surface area contributed by atoms with E-state index in [9.17, 15) is 18.0 Å². The maximum absolute atomic E-state index is 12.5. The molecule has 0 aliphatic carbocycles. The van der Waals surface area contributed by atoms with Gasteiger partial charge in [-0.3, -0.25) is 9.59 Å². The standard InChI is InChI=1S/C19H18N4O4S/c24-18-8-11-28(26,27)23(18)15-6-3-4-14(12-15)19(25)20-9-7-17-21-13-16-5-1-2-10-22(16)17/h1-6,10,12-13H,7-9,11H2,(H,20,25). The summed E-state index contributed by atoms with van der Waals surface area (Å²) in [6, 6.07) is 11.9. The predicted octanol–water partition coefficient (Wildman–Crippen LogP) is 1.37. The molecule has 0 unspecified atom stereocenters. The zero-order chi connectivity index (χ0) is 19.7. The Morgan fingerprint density at radius 3 is 2.82 bits per heavy atom.